The van der Waals surface area contributed by atoms with E-state index in [1.807, 2.05) is 36.4 Å². The SMILES string of the molecule is COCCn1cc(NC(=O)NCc2cccc(COCc3ccco3)c2)cn1. The molecule has 0 fully saturated rings. The molecular weight excluding hydrogens is 360 g/mol. The fourth-order valence-electron chi connectivity index (χ4n) is 2.59. The first-order valence-corrected chi connectivity index (χ1v) is 8.97. The van der Waals surface area contributed by atoms with E-state index >= 15 is 0 Å². The van der Waals surface area contributed by atoms with E-state index in [9.17, 15) is 4.79 Å². The highest BCUT2D eigenvalue weighted by Crippen LogP contribution is 2.10. The van der Waals surface area contributed by atoms with Crippen molar-refractivity contribution in [1.82, 2.24) is 15.1 Å². The highest BCUT2D eigenvalue weighted by molar-refractivity contribution is 5.88. The summed E-state index contributed by atoms with van der Waals surface area (Å²) in [5.41, 5.74) is 2.66. The van der Waals surface area contributed by atoms with Crippen LogP contribution in [-0.4, -0.2) is 29.5 Å². The summed E-state index contributed by atoms with van der Waals surface area (Å²) < 4.78 is 17.6. The molecule has 0 saturated carbocycles. The third-order valence-electron chi connectivity index (χ3n) is 3.95. The molecule has 2 aromatic heterocycles. The molecule has 2 amide bonds. The minimum absolute atomic E-state index is 0.286. The molecule has 0 aliphatic heterocycles. The Morgan fingerprint density at radius 1 is 1.21 bits per heavy atom. The molecule has 0 radical (unpaired) electrons. The van der Waals surface area contributed by atoms with Gasteiger partial charge >= 0.3 is 6.03 Å². The number of rotatable bonds is 10. The maximum absolute atomic E-state index is 12.1. The van der Waals surface area contributed by atoms with Gasteiger partial charge in [-0.2, -0.15) is 5.10 Å². The van der Waals surface area contributed by atoms with Gasteiger partial charge in [-0.05, 0) is 23.3 Å². The topological polar surface area (TPSA) is 90.5 Å². The molecule has 3 rings (SSSR count). The summed E-state index contributed by atoms with van der Waals surface area (Å²) >= 11 is 0. The number of nitrogens with zero attached hydrogens (tertiary/aromatic N) is 2. The Bertz CT molecular complexity index is 861. The van der Waals surface area contributed by atoms with Crippen LogP contribution in [0.2, 0.25) is 0 Å². The lowest BCUT2D eigenvalue weighted by Crippen LogP contribution is -2.28. The van der Waals surface area contributed by atoms with Crippen molar-refractivity contribution < 1.29 is 18.7 Å². The number of hydrogen-bond acceptors (Lipinski definition) is 5. The lowest BCUT2D eigenvalue weighted by molar-refractivity contribution is 0.0929. The normalized spacial score (nSPS) is 10.8. The van der Waals surface area contributed by atoms with E-state index in [2.05, 4.69) is 15.7 Å². The van der Waals surface area contributed by atoms with Gasteiger partial charge in [-0.25, -0.2) is 4.79 Å². The number of carbonyl (C=O) groups excluding carboxylic acids is 1. The zero-order chi connectivity index (χ0) is 19.6. The monoisotopic (exact) mass is 384 g/mol. The van der Waals surface area contributed by atoms with Gasteiger partial charge in [-0.3, -0.25) is 4.68 Å². The summed E-state index contributed by atoms with van der Waals surface area (Å²) in [4.78, 5) is 12.1. The van der Waals surface area contributed by atoms with Gasteiger partial charge in [0, 0.05) is 19.9 Å². The number of benzene rings is 1. The second kappa shape index (κ2) is 10.3. The van der Waals surface area contributed by atoms with Crippen molar-refractivity contribution in [3.8, 4) is 0 Å². The molecule has 148 valence electrons. The molecule has 8 nitrogen and oxygen atoms in total. The van der Waals surface area contributed by atoms with E-state index < -0.39 is 0 Å². The number of ether oxygens (including phenoxy) is 2. The zero-order valence-corrected chi connectivity index (χ0v) is 15.8. The Kier molecular flexibility index (Phi) is 7.22. The maximum Gasteiger partial charge on any atom is 0.319 e. The van der Waals surface area contributed by atoms with Gasteiger partial charge in [0.05, 0.1) is 37.9 Å². The number of aromatic nitrogens is 2. The number of amides is 2. The summed E-state index contributed by atoms with van der Waals surface area (Å²) in [7, 11) is 1.64. The van der Waals surface area contributed by atoms with Crippen LogP contribution < -0.4 is 10.6 Å². The van der Waals surface area contributed by atoms with E-state index in [4.69, 9.17) is 13.9 Å². The van der Waals surface area contributed by atoms with Crippen LogP contribution in [0.5, 0.6) is 0 Å². The van der Waals surface area contributed by atoms with Crippen LogP contribution in [0.25, 0.3) is 0 Å². The molecular formula is C20H24N4O4. The Labute approximate surface area is 163 Å². The van der Waals surface area contributed by atoms with Crippen LogP contribution in [0.15, 0.2) is 59.5 Å². The lowest BCUT2D eigenvalue weighted by Gasteiger charge is -2.08. The predicted octanol–water partition coefficient (Wildman–Crippen LogP) is 3.16. The van der Waals surface area contributed by atoms with Crippen LogP contribution in [0.4, 0.5) is 10.5 Å². The maximum atomic E-state index is 12.1. The lowest BCUT2D eigenvalue weighted by atomic mass is 10.1. The standard InChI is InChI=1S/C20H24N4O4/c1-26-9-7-24-13-18(12-22-24)23-20(25)21-11-16-4-2-5-17(10-16)14-27-15-19-6-3-8-28-19/h2-6,8,10,12-13H,7,9,11,14-15H2,1H3,(H2,21,23,25). The Morgan fingerprint density at radius 3 is 2.93 bits per heavy atom. The molecule has 0 unspecified atom stereocenters. The van der Waals surface area contributed by atoms with Crippen LogP contribution in [-0.2, 0) is 35.8 Å². The van der Waals surface area contributed by atoms with Crippen molar-refractivity contribution in [2.75, 3.05) is 19.0 Å². The van der Waals surface area contributed by atoms with Crippen LogP contribution in [0.1, 0.15) is 16.9 Å². The molecule has 3 aromatic rings. The molecule has 0 bridgehead atoms. The minimum atomic E-state index is -0.286. The van der Waals surface area contributed by atoms with E-state index in [0.29, 0.717) is 38.6 Å². The summed E-state index contributed by atoms with van der Waals surface area (Å²) in [5, 5.41) is 9.76. The Hall–Kier alpha value is -3.10. The van der Waals surface area contributed by atoms with Crippen LogP contribution in [0.3, 0.4) is 0 Å². The molecule has 1 aromatic carbocycles. The van der Waals surface area contributed by atoms with Crippen molar-refractivity contribution in [2.45, 2.75) is 26.3 Å². The average molecular weight is 384 g/mol. The van der Waals surface area contributed by atoms with Crippen molar-refractivity contribution in [3.05, 3.63) is 71.9 Å². The third kappa shape index (κ3) is 6.26. The molecule has 28 heavy (non-hydrogen) atoms. The highest BCUT2D eigenvalue weighted by atomic mass is 16.5. The molecule has 8 heteroatoms. The molecule has 0 saturated heterocycles. The predicted molar refractivity (Wildman–Crippen MR) is 104 cm³/mol. The molecule has 0 aliphatic rings. The van der Waals surface area contributed by atoms with Crippen LogP contribution >= 0.6 is 0 Å². The zero-order valence-electron chi connectivity index (χ0n) is 15.8. The largest absolute Gasteiger partial charge is 0.467 e. The second-order valence-corrected chi connectivity index (χ2v) is 6.18. The number of nitrogens with one attached hydrogen (secondary N) is 2. The quantitative estimate of drug-likeness (QED) is 0.560. The van der Waals surface area contributed by atoms with E-state index in [1.54, 1.807) is 30.4 Å². The first kappa shape index (κ1) is 19.7. The number of urea groups is 1. The van der Waals surface area contributed by atoms with Gasteiger partial charge in [-0.15, -0.1) is 0 Å². The third-order valence-corrected chi connectivity index (χ3v) is 3.95. The Morgan fingerprint density at radius 2 is 2.11 bits per heavy atom. The van der Waals surface area contributed by atoms with Crippen molar-refractivity contribution in [3.63, 3.8) is 0 Å². The van der Waals surface area contributed by atoms with Crippen molar-refractivity contribution in [1.29, 1.82) is 0 Å². The van der Waals surface area contributed by atoms with E-state index in [-0.39, 0.29) is 6.03 Å². The average Bonchev–Trinajstić information content (AvgIpc) is 3.37. The first-order chi connectivity index (χ1) is 13.7. The molecule has 0 spiro atoms. The molecule has 2 heterocycles. The van der Waals surface area contributed by atoms with Gasteiger partial charge < -0.3 is 24.5 Å². The molecule has 0 atom stereocenters. The number of carbonyl (C=O) groups is 1. The summed E-state index contributed by atoms with van der Waals surface area (Å²) in [6.07, 6.45) is 4.99. The summed E-state index contributed by atoms with van der Waals surface area (Å²) in [6.45, 7) is 2.51. The fourth-order valence-corrected chi connectivity index (χ4v) is 2.59. The highest BCUT2D eigenvalue weighted by Gasteiger charge is 2.05. The Balaban J connectivity index is 1.42. The fraction of sp³-hybridized carbons (Fsp3) is 0.300. The van der Waals surface area contributed by atoms with E-state index in [1.165, 1.54) is 0 Å². The minimum Gasteiger partial charge on any atom is -0.467 e. The number of furan rings is 1. The smallest absolute Gasteiger partial charge is 0.319 e. The summed E-state index contributed by atoms with van der Waals surface area (Å²) in [5.74, 6) is 0.792. The van der Waals surface area contributed by atoms with Crippen LogP contribution in [0, 0.1) is 0 Å². The number of anilines is 1. The van der Waals surface area contributed by atoms with E-state index in [0.717, 1.165) is 16.9 Å². The molecule has 0 aliphatic carbocycles. The number of methoxy groups -OCH3 is 1. The summed E-state index contributed by atoms with van der Waals surface area (Å²) in [6, 6.07) is 11.3. The van der Waals surface area contributed by atoms with Crippen molar-refractivity contribution in [2.24, 2.45) is 0 Å². The van der Waals surface area contributed by atoms with Gasteiger partial charge in [0.15, 0.2) is 0 Å². The van der Waals surface area contributed by atoms with Gasteiger partial charge in [0.1, 0.15) is 12.4 Å². The van der Waals surface area contributed by atoms with Crippen molar-refractivity contribution >= 4 is 11.7 Å². The number of hydrogen-bond donors (Lipinski definition) is 2. The van der Waals surface area contributed by atoms with Gasteiger partial charge in [0.25, 0.3) is 0 Å². The molecule has 2 N–H and O–H groups in total. The van der Waals surface area contributed by atoms with Gasteiger partial charge in [0.2, 0.25) is 0 Å². The first-order valence-electron chi connectivity index (χ1n) is 8.97. The second-order valence-electron chi connectivity index (χ2n) is 6.18. The van der Waals surface area contributed by atoms with Gasteiger partial charge in [-0.1, -0.05) is 24.3 Å².